The van der Waals surface area contributed by atoms with Gasteiger partial charge in [0, 0.05) is 23.3 Å². The molecule has 0 heterocycles. The smallest absolute Gasteiger partial charge is 0.199 e. The summed E-state index contributed by atoms with van der Waals surface area (Å²) in [6, 6.07) is 16.6. The molecule has 0 amide bonds. The molecule has 37 heavy (non-hydrogen) atoms. The van der Waals surface area contributed by atoms with Gasteiger partial charge in [-0.1, -0.05) is 104 Å². The average molecular weight is 496 g/mol. The van der Waals surface area contributed by atoms with Gasteiger partial charge in [0.25, 0.3) is 0 Å². The van der Waals surface area contributed by atoms with E-state index in [1.807, 2.05) is 12.1 Å². The van der Waals surface area contributed by atoms with Gasteiger partial charge in [0.1, 0.15) is 5.75 Å². The van der Waals surface area contributed by atoms with Crippen molar-refractivity contribution in [2.45, 2.75) is 85.5 Å². The zero-order valence-electron chi connectivity index (χ0n) is 23.6. The first-order valence-electron chi connectivity index (χ1n) is 13.6. The number of aromatic hydroxyl groups is 1. The number of rotatable bonds is 6. The minimum Gasteiger partial charge on any atom is -0.507 e. The van der Waals surface area contributed by atoms with Crippen LogP contribution < -0.4 is 5.73 Å². The quantitative estimate of drug-likeness (QED) is 0.359. The van der Waals surface area contributed by atoms with Crippen molar-refractivity contribution in [1.82, 2.24) is 0 Å². The largest absolute Gasteiger partial charge is 0.507 e. The van der Waals surface area contributed by atoms with E-state index in [2.05, 4.69) is 91.8 Å². The molecular weight excluding hydrogens is 454 g/mol. The number of carbonyl (C=O) groups is 1. The zero-order valence-corrected chi connectivity index (χ0v) is 23.6. The molecular formula is C34H41NO2. The molecule has 3 aromatic carbocycles. The summed E-state index contributed by atoms with van der Waals surface area (Å²) in [7, 11) is 0. The molecule has 4 rings (SSSR count). The van der Waals surface area contributed by atoms with Crippen molar-refractivity contribution in [2.75, 3.05) is 0 Å². The SMILES string of the molecule is CC(C)c1cccc(C(C)C)c1C1=C(N)Cc2ccc(-c3c(C(C)C)cccc3C(C)C)c(O)c2C1=O. The molecule has 3 N–H and O–H groups in total. The van der Waals surface area contributed by atoms with Crippen molar-refractivity contribution in [1.29, 1.82) is 0 Å². The third-order valence-corrected chi connectivity index (χ3v) is 7.69. The minimum absolute atomic E-state index is 0.0654. The molecule has 194 valence electrons. The Morgan fingerprint density at radius 1 is 0.649 bits per heavy atom. The number of Topliss-reactive ketones (excluding diaryl/α,β-unsaturated/α-hetero) is 1. The third-order valence-electron chi connectivity index (χ3n) is 7.69. The minimum atomic E-state index is -0.179. The number of hydrogen-bond donors (Lipinski definition) is 2. The van der Waals surface area contributed by atoms with Crippen LogP contribution in [0.2, 0.25) is 0 Å². The highest BCUT2D eigenvalue weighted by Crippen LogP contribution is 2.46. The lowest BCUT2D eigenvalue weighted by molar-refractivity contribution is 0.105. The maximum absolute atomic E-state index is 14.3. The first-order valence-corrected chi connectivity index (χ1v) is 13.6. The maximum atomic E-state index is 14.3. The van der Waals surface area contributed by atoms with Gasteiger partial charge < -0.3 is 10.8 Å². The van der Waals surface area contributed by atoms with Gasteiger partial charge in [-0.3, -0.25) is 4.79 Å². The topological polar surface area (TPSA) is 63.3 Å². The van der Waals surface area contributed by atoms with Gasteiger partial charge in [-0.15, -0.1) is 0 Å². The van der Waals surface area contributed by atoms with Crippen LogP contribution in [0.3, 0.4) is 0 Å². The molecule has 0 aliphatic heterocycles. The Bertz CT molecular complexity index is 1340. The molecule has 0 saturated heterocycles. The number of benzene rings is 3. The van der Waals surface area contributed by atoms with Gasteiger partial charge in [-0.25, -0.2) is 0 Å². The highest BCUT2D eigenvalue weighted by Gasteiger charge is 2.33. The Kier molecular flexibility index (Phi) is 7.37. The standard InChI is InChI=1S/C34H41NO2/c1-18(2)23-11-9-12-24(19(3)4)30(23)27-16-15-22-17-28(35)32(34(37)29(22)33(27)36)31-25(20(5)6)13-10-14-26(31)21(7)8/h9-16,18-21,36H,17,35H2,1-8H3. The van der Waals surface area contributed by atoms with Crippen molar-refractivity contribution in [3.8, 4) is 16.9 Å². The number of phenols is 1. The molecule has 0 spiro atoms. The molecule has 0 atom stereocenters. The second kappa shape index (κ2) is 10.2. The van der Waals surface area contributed by atoms with E-state index in [1.54, 1.807) is 0 Å². The number of hydrogen-bond acceptors (Lipinski definition) is 3. The van der Waals surface area contributed by atoms with Gasteiger partial charge in [0.05, 0.1) is 5.56 Å². The summed E-state index contributed by atoms with van der Waals surface area (Å²) in [6.45, 7) is 17.3. The van der Waals surface area contributed by atoms with Crippen LogP contribution in [0.25, 0.3) is 16.7 Å². The summed E-state index contributed by atoms with van der Waals surface area (Å²) in [4.78, 5) is 14.3. The Morgan fingerprint density at radius 2 is 1.08 bits per heavy atom. The number of ketones is 1. The molecule has 0 fully saturated rings. The van der Waals surface area contributed by atoms with Gasteiger partial charge in [0.15, 0.2) is 5.78 Å². The van der Waals surface area contributed by atoms with E-state index < -0.39 is 0 Å². The van der Waals surface area contributed by atoms with Crippen LogP contribution in [-0.4, -0.2) is 10.9 Å². The second-order valence-corrected chi connectivity index (χ2v) is 11.6. The lowest BCUT2D eigenvalue weighted by Gasteiger charge is -2.28. The predicted molar refractivity (Wildman–Crippen MR) is 155 cm³/mol. The molecule has 1 aliphatic rings. The normalized spacial score (nSPS) is 13.9. The van der Waals surface area contributed by atoms with Gasteiger partial charge in [-0.2, -0.15) is 0 Å². The van der Waals surface area contributed by atoms with Crippen LogP contribution in [0.15, 0.2) is 54.2 Å². The Hall–Kier alpha value is -3.33. The van der Waals surface area contributed by atoms with Crippen molar-refractivity contribution in [2.24, 2.45) is 5.73 Å². The van der Waals surface area contributed by atoms with Crippen molar-refractivity contribution in [3.05, 3.63) is 93.2 Å². The number of fused-ring (bicyclic) bond motifs is 1. The number of phenolic OH excluding ortho intramolecular Hbond substituents is 1. The average Bonchev–Trinajstić information content (AvgIpc) is 2.83. The third kappa shape index (κ3) is 4.61. The van der Waals surface area contributed by atoms with Gasteiger partial charge in [0.2, 0.25) is 0 Å². The van der Waals surface area contributed by atoms with Crippen LogP contribution in [0.1, 0.15) is 123 Å². The Balaban J connectivity index is 1.99. The summed E-state index contributed by atoms with van der Waals surface area (Å²) >= 11 is 0. The highest BCUT2D eigenvalue weighted by molar-refractivity contribution is 6.33. The zero-order chi connectivity index (χ0) is 27.2. The number of nitrogens with two attached hydrogens (primary N) is 1. The molecule has 0 saturated carbocycles. The Morgan fingerprint density at radius 3 is 1.51 bits per heavy atom. The fourth-order valence-corrected chi connectivity index (χ4v) is 5.78. The Labute approximate surface area is 222 Å². The number of allylic oxidation sites excluding steroid dienone is 2. The van der Waals surface area contributed by atoms with E-state index >= 15 is 0 Å². The van der Waals surface area contributed by atoms with E-state index in [0.717, 1.165) is 33.4 Å². The molecule has 1 aliphatic carbocycles. The van der Waals surface area contributed by atoms with Crippen molar-refractivity contribution < 1.29 is 9.90 Å². The van der Waals surface area contributed by atoms with Crippen molar-refractivity contribution in [3.63, 3.8) is 0 Å². The fourth-order valence-electron chi connectivity index (χ4n) is 5.78. The summed E-state index contributed by atoms with van der Waals surface area (Å²) in [5, 5.41) is 11.8. The van der Waals surface area contributed by atoms with E-state index in [9.17, 15) is 9.90 Å². The number of carbonyl (C=O) groups excluding carboxylic acids is 1. The summed E-state index contributed by atoms with van der Waals surface area (Å²) in [5.74, 6) is 0.899. The first kappa shape index (κ1) is 26.7. The van der Waals surface area contributed by atoms with E-state index in [-0.39, 0.29) is 35.2 Å². The van der Waals surface area contributed by atoms with Crippen LogP contribution >= 0.6 is 0 Å². The predicted octanol–water partition coefficient (Wildman–Crippen LogP) is 8.66. The molecule has 0 radical (unpaired) electrons. The van der Waals surface area contributed by atoms with E-state index in [4.69, 9.17) is 5.73 Å². The van der Waals surface area contributed by atoms with Crippen LogP contribution in [-0.2, 0) is 6.42 Å². The monoisotopic (exact) mass is 495 g/mol. The summed E-state index contributed by atoms with van der Waals surface area (Å²) in [6.07, 6.45) is 0.442. The molecule has 0 bridgehead atoms. The summed E-state index contributed by atoms with van der Waals surface area (Å²) in [5.41, 5.74) is 16.2. The van der Waals surface area contributed by atoms with Crippen LogP contribution in [0.4, 0.5) is 0 Å². The second-order valence-electron chi connectivity index (χ2n) is 11.6. The van der Waals surface area contributed by atoms with Crippen LogP contribution in [0.5, 0.6) is 5.75 Å². The van der Waals surface area contributed by atoms with E-state index in [1.165, 1.54) is 11.1 Å². The van der Waals surface area contributed by atoms with Crippen LogP contribution in [0, 0.1) is 0 Å². The molecule has 0 aromatic heterocycles. The summed E-state index contributed by atoms with van der Waals surface area (Å²) < 4.78 is 0. The fraction of sp³-hybridized carbons (Fsp3) is 0.382. The van der Waals surface area contributed by atoms with Gasteiger partial charge in [-0.05, 0) is 62.6 Å². The molecule has 3 nitrogen and oxygen atoms in total. The highest BCUT2D eigenvalue weighted by atomic mass is 16.3. The first-order chi connectivity index (χ1) is 17.5. The van der Waals surface area contributed by atoms with E-state index in [0.29, 0.717) is 23.3 Å². The molecule has 0 unspecified atom stereocenters. The van der Waals surface area contributed by atoms with Gasteiger partial charge >= 0.3 is 0 Å². The van der Waals surface area contributed by atoms with Crippen molar-refractivity contribution >= 4 is 11.4 Å². The molecule has 3 aromatic rings. The lowest BCUT2D eigenvalue weighted by atomic mass is 9.76. The maximum Gasteiger partial charge on any atom is 0.199 e. The molecule has 3 heteroatoms. The lowest BCUT2D eigenvalue weighted by Crippen LogP contribution is -2.22.